The molecule has 1 aromatic carbocycles. The lowest BCUT2D eigenvalue weighted by molar-refractivity contribution is 0.440. The maximum atomic E-state index is 9.26. The third-order valence-corrected chi connectivity index (χ3v) is 1.95. The first-order chi connectivity index (χ1) is 5.20. The third kappa shape index (κ3) is 2.27. The summed E-state index contributed by atoms with van der Waals surface area (Å²) in [6.45, 7) is 4.12. The van der Waals surface area contributed by atoms with Gasteiger partial charge in [0.05, 0.1) is 0 Å². The van der Waals surface area contributed by atoms with Gasteiger partial charge in [0.25, 0.3) is 0 Å². The van der Waals surface area contributed by atoms with Gasteiger partial charge in [-0.2, -0.15) is 0 Å². The molecule has 1 N–H and O–H groups in total. The van der Waals surface area contributed by atoms with Gasteiger partial charge in [0.15, 0.2) is 5.75 Å². The quantitative estimate of drug-likeness (QED) is 0.682. The van der Waals surface area contributed by atoms with Crippen LogP contribution in [0.15, 0.2) is 24.3 Å². The molecule has 0 heterocycles. The molecule has 0 spiro atoms. The zero-order chi connectivity index (χ0) is 8.27. The lowest BCUT2D eigenvalue weighted by Crippen LogP contribution is -2.10. The third-order valence-electron chi connectivity index (χ3n) is 1.23. The normalized spacial score (nSPS) is 10.1. The number of phenols is 1. The lowest BCUT2D eigenvalue weighted by Gasteiger charge is -2.09. The minimum Gasteiger partial charge on any atom is -0.545 e. The van der Waals surface area contributed by atoms with Crippen LogP contribution in [0.2, 0.25) is 13.1 Å². The molecule has 0 amide bonds. The van der Waals surface area contributed by atoms with Crippen molar-refractivity contribution in [2.75, 3.05) is 0 Å². The Hall–Kier alpha value is -0.963. The Labute approximate surface area is 68.2 Å². The average molecular weight is 168 g/mol. The van der Waals surface area contributed by atoms with Gasteiger partial charge in [-0.1, -0.05) is 12.1 Å². The molecule has 60 valence electrons. The van der Waals surface area contributed by atoms with Crippen LogP contribution in [0.3, 0.4) is 0 Å². The molecule has 2 nitrogen and oxygen atoms in total. The number of hydrogen-bond acceptors (Lipinski definition) is 2. The molecule has 0 saturated heterocycles. The van der Waals surface area contributed by atoms with Crippen molar-refractivity contribution in [3.8, 4) is 11.5 Å². The second-order valence-electron chi connectivity index (χ2n) is 2.63. The van der Waals surface area contributed by atoms with Crippen molar-refractivity contribution in [1.82, 2.24) is 0 Å². The molecule has 0 aliphatic rings. The van der Waals surface area contributed by atoms with Gasteiger partial charge in [-0.15, -0.1) is 0 Å². The Balaban J connectivity index is 2.78. The van der Waals surface area contributed by atoms with E-state index in [9.17, 15) is 5.11 Å². The van der Waals surface area contributed by atoms with Crippen LogP contribution in [0, 0.1) is 0 Å². The maximum Gasteiger partial charge on any atom is 0.229 e. The van der Waals surface area contributed by atoms with E-state index in [1.807, 2.05) is 6.07 Å². The van der Waals surface area contributed by atoms with Crippen LogP contribution >= 0.6 is 0 Å². The predicted molar refractivity (Wildman–Crippen MR) is 47.6 cm³/mol. The fourth-order valence-corrected chi connectivity index (χ4v) is 1.52. The summed E-state index contributed by atoms with van der Waals surface area (Å²) in [7, 11) is -1.09. The van der Waals surface area contributed by atoms with Crippen molar-refractivity contribution < 1.29 is 9.53 Å². The predicted octanol–water partition coefficient (Wildman–Crippen LogP) is 1.75. The van der Waals surface area contributed by atoms with Crippen LogP contribution in [-0.4, -0.2) is 14.1 Å². The van der Waals surface area contributed by atoms with Crippen LogP contribution in [0.25, 0.3) is 0 Å². The Morgan fingerprint density at radius 3 is 2.45 bits per heavy atom. The molecule has 0 saturated carbocycles. The van der Waals surface area contributed by atoms with Crippen molar-refractivity contribution >= 4 is 9.04 Å². The molecule has 0 radical (unpaired) electrons. The van der Waals surface area contributed by atoms with E-state index >= 15 is 0 Å². The molecule has 0 aromatic heterocycles. The topological polar surface area (TPSA) is 29.5 Å². The van der Waals surface area contributed by atoms with E-state index in [1.54, 1.807) is 18.2 Å². The number of rotatable bonds is 2. The lowest BCUT2D eigenvalue weighted by atomic mass is 10.3. The van der Waals surface area contributed by atoms with E-state index < -0.39 is 9.04 Å². The summed E-state index contributed by atoms with van der Waals surface area (Å²) < 4.78 is 5.43. The zero-order valence-electron chi connectivity index (χ0n) is 6.74. The second-order valence-corrected chi connectivity index (χ2v) is 4.97. The number of aromatic hydroxyl groups is 1. The van der Waals surface area contributed by atoms with Crippen molar-refractivity contribution in [3.63, 3.8) is 0 Å². The van der Waals surface area contributed by atoms with Gasteiger partial charge in [0.2, 0.25) is 9.04 Å². The van der Waals surface area contributed by atoms with E-state index in [1.165, 1.54) is 0 Å². The number of benzene rings is 1. The van der Waals surface area contributed by atoms with E-state index in [4.69, 9.17) is 4.43 Å². The number of hydrogen-bond donors (Lipinski definition) is 1. The molecule has 1 rings (SSSR count). The van der Waals surface area contributed by atoms with Crippen LogP contribution < -0.4 is 4.43 Å². The van der Waals surface area contributed by atoms with Gasteiger partial charge in [0.1, 0.15) is 5.75 Å². The minimum atomic E-state index is -1.09. The van der Waals surface area contributed by atoms with Crippen LogP contribution in [0.5, 0.6) is 11.5 Å². The Morgan fingerprint density at radius 2 is 1.91 bits per heavy atom. The van der Waals surface area contributed by atoms with E-state index in [0.29, 0.717) is 5.75 Å². The van der Waals surface area contributed by atoms with Gasteiger partial charge in [0, 0.05) is 0 Å². The molecule has 3 heteroatoms. The molecule has 1 aromatic rings. The zero-order valence-corrected chi connectivity index (χ0v) is 7.90. The van der Waals surface area contributed by atoms with E-state index in [2.05, 4.69) is 13.1 Å². The van der Waals surface area contributed by atoms with E-state index in [-0.39, 0.29) is 5.75 Å². The Kier molecular flexibility index (Phi) is 2.54. The highest BCUT2D eigenvalue weighted by Crippen LogP contribution is 2.24. The second kappa shape index (κ2) is 3.43. The summed E-state index contributed by atoms with van der Waals surface area (Å²) in [5.41, 5.74) is 0. The summed E-state index contributed by atoms with van der Waals surface area (Å²) in [4.78, 5) is 0. The smallest absolute Gasteiger partial charge is 0.229 e. The standard InChI is InChI=1S/C8H12O2Si/c1-11(2)10-8-6-4-3-5-7(8)9/h3-6,9,11H,1-2H3. The number of para-hydroxylation sites is 2. The van der Waals surface area contributed by atoms with Crippen LogP contribution in [-0.2, 0) is 0 Å². The fraction of sp³-hybridized carbons (Fsp3) is 0.250. The molecule has 0 aliphatic heterocycles. The maximum absolute atomic E-state index is 9.26. The van der Waals surface area contributed by atoms with Gasteiger partial charge in [-0.3, -0.25) is 0 Å². The molecule has 0 fully saturated rings. The van der Waals surface area contributed by atoms with Crippen molar-refractivity contribution in [3.05, 3.63) is 24.3 Å². The summed E-state index contributed by atoms with van der Waals surface area (Å²) in [5.74, 6) is 0.836. The highest BCUT2D eigenvalue weighted by atomic mass is 28.3. The molecular weight excluding hydrogens is 156 g/mol. The van der Waals surface area contributed by atoms with Gasteiger partial charge < -0.3 is 9.53 Å². The highest BCUT2D eigenvalue weighted by Gasteiger charge is 2.02. The molecular formula is C8H12O2Si. The molecule has 0 bridgehead atoms. The first kappa shape index (κ1) is 8.14. The van der Waals surface area contributed by atoms with Crippen LogP contribution in [0.1, 0.15) is 0 Å². The van der Waals surface area contributed by atoms with Gasteiger partial charge >= 0.3 is 0 Å². The van der Waals surface area contributed by atoms with Crippen LogP contribution in [0.4, 0.5) is 0 Å². The van der Waals surface area contributed by atoms with E-state index in [0.717, 1.165) is 0 Å². The largest absolute Gasteiger partial charge is 0.545 e. The Bertz CT molecular complexity index is 235. The van der Waals surface area contributed by atoms with Gasteiger partial charge in [-0.05, 0) is 25.2 Å². The molecule has 0 unspecified atom stereocenters. The molecule has 11 heavy (non-hydrogen) atoms. The summed E-state index contributed by atoms with van der Waals surface area (Å²) in [6, 6.07) is 7.05. The van der Waals surface area contributed by atoms with Crippen molar-refractivity contribution in [2.24, 2.45) is 0 Å². The van der Waals surface area contributed by atoms with Gasteiger partial charge in [-0.25, -0.2) is 0 Å². The van der Waals surface area contributed by atoms with Crippen molar-refractivity contribution in [2.45, 2.75) is 13.1 Å². The highest BCUT2D eigenvalue weighted by molar-refractivity contribution is 6.49. The molecule has 0 aliphatic carbocycles. The SMILES string of the molecule is C[SiH](C)Oc1ccccc1O. The Morgan fingerprint density at radius 1 is 1.27 bits per heavy atom. The summed E-state index contributed by atoms with van der Waals surface area (Å²) in [5, 5.41) is 9.26. The van der Waals surface area contributed by atoms with Crippen molar-refractivity contribution in [1.29, 1.82) is 0 Å². The average Bonchev–Trinajstić information content (AvgIpc) is 1.93. The molecule has 0 atom stereocenters. The minimum absolute atomic E-state index is 0.230. The fourth-order valence-electron chi connectivity index (χ4n) is 0.811. The summed E-state index contributed by atoms with van der Waals surface area (Å²) >= 11 is 0. The number of phenolic OH excluding ortho intramolecular Hbond substituents is 1. The first-order valence-electron chi connectivity index (χ1n) is 3.65. The monoisotopic (exact) mass is 168 g/mol. The first-order valence-corrected chi connectivity index (χ1v) is 6.43. The summed E-state index contributed by atoms with van der Waals surface area (Å²) in [6.07, 6.45) is 0.